The number of methoxy groups -OCH3 is 1. The molecule has 0 bridgehead atoms. The number of hydrogen-bond donors (Lipinski definition) is 0. The number of carbonyl (C=O) groups excluding carboxylic acids is 1. The van der Waals surface area contributed by atoms with Crippen LogP contribution in [-0.2, 0) is 27.8 Å². The summed E-state index contributed by atoms with van der Waals surface area (Å²) in [5, 5.41) is 0. The lowest BCUT2D eigenvalue weighted by atomic mass is 9.78. The first kappa shape index (κ1) is 16.1. The van der Waals surface area contributed by atoms with Gasteiger partial charge in [-0.05, 0) is 59.3 Å². The van der Waals surface area contributed by atoms with Crippen molar-refractivity contribution in [3.63, 3.8) is 0 Å². The fourth-order valence-electron chi connectivity index (χ4n) is 3.04. The van der Waals surface area contributed by atoms with Crippen molar-refractivity contribution in [2.45, 2.75) is 71.1 Å². The van der Waals surface area contributed by atoms with Crippen LogP contribution in [0.25, 0.3) is 0 Å². The highest BCUT2D eigenvalue weighted by Gasteiger charge is 2.32. The number of aryl methyl sites for hydroxylation is 2. The lowest BCUT2D eigenvalue weighted by molar-refractivity contribution is -0.140. The van der Waals surface area contributed by atoms with Gasteiger partial charge in [-0.25, -0.2) is 0 Å². The monoisotopic (exact) mass is 288 g/mol. The molecule has 21 heavy (non-hydrogen) atoms. The Morgan fingerprint density at radius 1 is 1.29 bits per heavy atom. The zero-order valence-electron chi connectivity index (χ0n) is 14.1. The van der Waals surface area contributed by atoms with E-state index in [9.17, 15) is 4.79 Å². The van der Waals surface area contributed by atoms with E-state index in [1.165, 1.54) is 36.6 Å². The number of benzene rings is 1. The van der Waals surface area contributed by atoms with E-state index in [-0.39, 0.29) is 11.4 Å². The van der Waals surface area contributed by atoms with Crippen LogP contribution in [0.2, 0.25) is 0 Å². The number of ether oxygens (including phenoxy) is 1. The summed E-state index contributed by atoms with van der Waals surface area (Å²) in [6, 6.07) is 4.64. The molecule has 0 aliphatic heterocycles. The van der Waals surface area contributed by atoms with Gasteiger partial charge in [-0.2, -0.15) is 0 Å². The van der Waals surface area contributed by atoms with Crippen molar-refractivity contribution in [2.24, 2.45) is 0 Å². The Hall–Kier alpha value is -1.31. The van der Waals surface area contributed by atoms with E-state index >= 15 is 0 Å². The van der Waals surface area contributed by atoms with Crippen molar-refractivity contribution in [3.05, 3.63) is 34.4 Å². The average molecular weight is 288 g/mol. The van der Waals surface area contributed by atoms with E-state index < -0.39 is 0 Å². The van der Waals surface area contributed by atoms with Crippen molar-refractivity contribution >= 4 is 5.97 Å². The van der Waals surface area contributed by atoms with Crippen LogP contribution >= 0.6 is 0 Å². The molecular weight excluding hydrogens is 260 g/mol. The van der Waals surface area contributed by atoms with Crippen molar-refractivity contribution in [2.75, 3.05) is 7.11 Å². The molecule has 1 aromatic rings. The molecule has 1 saturated carbocycles. The molecule has 116 valence electrons. The SMILES string of the molecule is CCc1cc(CCC(=O)OC)cc(C(C)(C)C)c1C1CC1. The second-order valence-corrected chi connectivity index (χ2v) is 7.17. The maximum Gasteiger partial charge on any atom is 0.305 e. The zero-order valence-corrected chi connectivity index (χ0v) is 14.1. The molecule has 1 aliphatic rings. The molecule has 2 nitrogen and oxygen atoms in total. The largest absolute Gasteiger partial charge is 0.469 e. The predicted octanol–water partition coefficient (Wildman–Crippen LogP) is 4.53. The van der Waals surface area contributed by atoms with E-state index in [1.807, 2.05) is 0 Å². The summed E-state index contributed by atoms with van der Waals surface area (Å²) in [5.41, 5.74) is 5.97. The molecular formula is C19H28O2. The number of rotatable bonds is 5. The van der Waals surface area contributed by atoms with Crippen molar-refractivity contribution in [1.29, 1.82) is 0 Å². The van der Waals surface area contributed by atoms with E-state index in [4.69, 9.17) is 4.74 Å². The van der Waals surface area contributed by atoms with Gasteiger partial charge < -0.3 is 4.74 Å². The van der Waals surface area contributed by atoms with Crippen LogP contribution in [0, 0.1) is 0 Å². The van der Waals surface area contributed by atoms with Crippen LogP contribution in [0.15, 0.2) is 12.1 Å². The molecule has 0 unspecified atom stereocenters. The average Bonchev–Trinajstić information content (AvgIpc) is 3.26. The van der Waals surface area contributed by atoms with Crippen LogP contribution in [-0.4, -0.2) is 13.1 Å². The van der Waals surface area contributed by atoms with Crippen LogP contribution in [0.3, 0.4) is 0 Å². The summed E-state index contributed by atoms with van der Waals surface area (Å²) in [6.45, 7) is 9.10. The molecule has 0 radical (unpaired) electrons. The summed E-state index contributed by atoms with van der Waals surface area (Å²) in [5.74, 6) is 0.639. The van der Waals surface area contributed by atoms with Crippen LogP contribution in [0.4, 0.5) is 0 Å². The van der Waals surface area contributed by atoms with Gasteiger partial charge in [0.1, 0.15) is 0 Å². The van der Waals surface area contributed by atoms with Gasteiger partial charge in [-0.15, -0.1) is 0 Å². The van der Waals surface area contributed by atoms with Crippen LogP contribution < -0.4 is 0 Å². The van der Waals surface area contributed by atoms with E-state index in [2.05, 4.69) is 39.8 Å². The van der Waals surface area contributed by atoms with Crippen LogP contribution in [0.1, 0.15) is 75.1 Å². The summed E-state index contributed by atoms with van der Waals surface area (Å²) < 4.78 is 4.76. The predicted molar refractivity (Wildman–Crippen MR) is 86.8 cm³/mol. The first-order valence-corrected chi connectivity index (χ1v) is 8.09. The third kappa shape index (κ3) is 3.87. The molecule has 1 fully saturated rings. The zero-order chi connectivity index (χ0) is 15.6. The Balaban J connectivity index is 2.37. The summed E-state index contributed by atoms with van der Waals surface area (Å²) >= 11 is 0. The Morgan fingerprint density at radius 3 is 2.43 bits per heavy atom. The Bertz CT molecular complexity index is 519. The van der Waals surface area contributed by atoms with Gasteiger partial charge in [0.15, 0.2) is 0 Å². The van der Waals surface area contributed by atoms with Crippen LogP contribution in [0.5, 0.6) is 0 Å². The Labute approximate surface area is 128 Å². The molecule has 2 rings (SSSR count). The van der Waals surface area contributed by atoms with Gasteiger partial charge in [-0.1, -0.05) is 39.8 Å². The standard InChI is InChI=1S/C19H28O2/c1-6-14-11-13(7-10-17(20)21-5)12-16(19(2,3)4)18(14)15-8-9-15/h11-12,15H,6-10H2,1-5H3. The first-order chi connectivity index (χ1) is 9.86. The fourth-order valence-corrected chi connectivity index (χ4v) is 3.04. The maximum atomic E-state index is 11.4. The molecule has 1 aliphatic carbocycles. The van der Waals surface area contributed by atoms with Gasteiger partial charge in [0, 0.05) is 6.42 Å². The normalized spacial score (nSPS) is 15.1. The highest BCUT2D eigenvalue weighted by molar-refractivity contribution is 5.69. The maximum absolute atomic E-state index is 11.4. The van der Waals surface area contributed by atoms with Gasteiger partial charge in [0.05, 0.1) is 7.11 Å². The minimum Gasteiger partial charge on any atom is -0.469 e. The summed E-state index contributed by atoms with van der Waals surface area (Å²) in [7, 11) is 1.45. The number of carbonyl (C=O) groups is 1. The fraction of sp³-hybridized carbons (Fsp3) is 0.632. The van der Waals surface area contributed by atoms with Gasteiger partial charge >= 0.3 is 5.97 Å². The number of hydrogen-bond acceptors (Lipinski definition) is 2. The smallest absolute Gasteiger partial charge is 0.305 e. The van der Waals surface area contributed by atoms with E-state index in [0.29, 0.717) is 6.42 Å². The first-order valence-electron chi connectivity index (χ1n) is 8.09. The molecule has 2 heteroatoms. The molecule has 0 saturated heterocycles. The van der Waals surface area contributed by atoms with E-state index in [1.54, 1.807) is 5.56 Å². The molecule has 0 atom stereocenters. The highest BCUT2D eigenvalue weighted by atomic mass is 16.5. The summed E-state index contributed by atoms with van der Waals surface area (Å²) in [6.07, 6.45) is 4.97. The Kier molecular flexibility index (Phi) is 4.75. The van der Waals surface area contributed by atoms with Gasteiger partial charge in [-0.3, -0.25) is 4.79 Å². The molecule has 0 spiro atoms. The minimum atomic E-state index is -0.128. The lowest BCUT2D eigenvalue weighted by Gasteiger charge is -2.26. The molecule has 0 amide bonds. The van der Waals surface area contributed by atoms with Crippen molar-refractivity contribution in [1.82, 2.24) is 0 Å². The minimum absolute atomic E-state index is 0.128. The van der Waals surface area contributed by atoms with Gasteiger partial charge in [0.2, 0.25) is 0 Å². The molecule has 0 heterocycles. The second-order valence-electron chi connectivity index (χ2n) is 7.17. The van der Waals surface area contributed by atoms with E-state index in [0.717, 1.165) is 18.8 Å². The third-order valence-corrected chi connectivity index (χ3v) is 4.35. The second kappa shape index (κ2) is 6.21. The molecule has 1 aromatic carbocycles. The topological polar surface area (TPSA) is 26.3 Å². The molecule has 0 aromatic heterocycles. The van der Waals surface area contributed by atoms with Crippen molar-refractivity contribution in [3.8, 4) is 0 Å². The highest BCUT2D eigenvalue weighted by Crippen LogP contribution is 2.46. The Morgan fingerprint density at radius 2 is 1.95 bits per heavy atom. The lowest BCUT2D eigenvalue weighted by Crippen LogP contribution is -2.16. The number of esters is 1. The quantitative estimate of drug-likeness (QED) is 0.744. The van der Waals surface area contributed by atoms with Crippen molar-refractivity contribution < 1.29 is 9.53 Å². The third-order valence-electron chi connectivity index (χ3n) is 4.35. The van der Waals surface area contributed by atoms with Gasteiger partial charge in [0.25, 0.3) is 0 Å². The summed E-state index contributed by atoms with van der Waals surface area (Å²) in [4.78, 5) is 11.4. The molecule has 0 N–H and O–H groups in total.